The third kappa shape index (κ3) is 3.29. The summed E-state index contributed by atoms with van der Waals surface area (Å²) in [6.45, 7) is 4.52. The summed E-state index contributed by atoms with van der Waals surface area (Å²) in [4.78, 5) is 0. The maximum atomic E-state index is 8.68. The summed E-state index contributed by atoms with van der Waals surface area (Å²) in [6, 6.07) is 13.5. The minimum atomic E-state index is 0.0957. The summed E-state index contributed by atoms with van der Waals surface area (Å²) < 4.78 is 5.80. The first kappa shape index (κ1) is 13.9. The molecule has 4 nitrogen and oxygen atoms in total. The highest BCUT2D eigenvalue weighted by Crippen LogP contribution is 2.20. The number of aryl methyl sites for hydroxylation is 2. The SMILES string of the molecule is Cc1ccc(OCc2cccc(/C(N)=N/O)c2)c(C)c1. The van der Waals surface area contributed by atoms with E-state index in [9.17, 15) is 0 Å². The molecule has 104 valence electrons. The van der Waals surface area contributed by atoms with Crippen molar-refractivity contribution in [3.8, 4) is 5.75 Å². The monoisotopic (exact) mass is 270 g/mol. The van der Waals surface area contributed by atoms with Gasteiger partial charge in [0.1, 0.15) is 12.4 Å². The van der Waals surface area contributed by atoms with E-state index in [1.807, 2.05) is 37.3 Å². The van der Waals surface area contributed by atoms with Gasteiger partial charge in [0.2, 0.25) is 0 Å². The third-order valence-electron chi connectivity index (χ3n) is 3.06. The molecule has 0 bridgehead atoms. The van der Waals surface area contributed by atoms with Crippen molar-refractivity contribution in [1.82, 2.24) is 0 Å². The van der Waals surface area contributed by atoms with Crippen molar-refractivity contribution in [2.24, 2.45) is 10.9 Å². The number of oxime groups is 1. The van der Waals surface area contributed by atoms with E-state index in [0.717, 1.165) is 16.9 Å². The quantitative estimate of drug-likeness (QED) is 0.388. The van der Waals surface area contributed by atoms with Gasteiger partial charge in [-0.15, -0.1) is 0 Å². The number of rotatable bonds is 4. The van der Waals surface area contributed by atoms with Crippen molar-refractivity contribution in [3.63, 3.8) is 0 Å². The van der Waals surface area contributed by atoms with Crippen LogP contribution in [0, 0.1) is 13.8 Å². The van der Waals surface area contributed by atoms with Crippen LogP contribution in [0.4, 0.5) is 0 Å². The van der Waals surface area contributed by atoms with Gasteiger partial charge in [-0.2, -0.15) is 0 Å². The molecule has 0 heterocycles. The van der Waals surface area contributed by atoms with Gasteiger partial charge in [-0.05, 0) is 37.1 Å². The lowest BCUT2D eigenvalue weighted by molar-refractivity contribution is 0.304. The fraction of sp³-hybridized carbons (Fsp3) is 0.188. The molecule has 2 aromatic rings. The van der Waals surface area contributed by atoms with E-state index in [1.54, 1.807) is 6.07 Å². The summed E-state index contributed by atoms with van der Waals surface area (Å²) in [7, 11) is 0. The molecule has 0 saturated carbocycles. The van der Waals surface area contributed by atoms with E-state index in [0.29, 0.717) is 12.2 Å². The van der Waals surface area contributed by atoms with Crippen LogP contribution in [-0.4, -0.2) is 11.0 Å². The second-order valence-corrected chi connectivity index (χ2v) is 4.74. The molecule has 20 heavy (non-hydrogen) atoms. The highest BCUT2D eigenvalue weighted by atomic mass is 16.5. The molecule has 2 rings (SSSR count). The summed E-state index contributed by atoms with van der Waals surface area (Å²) >= 11 is 0. The van der Waals surface area contributed by atoms with Crippen molar-refractivity contribution in [3.05, 3.63) is 64.7 Å². The number of amidine groups is 1. The molecule has 0 amide bonds. The van der Waals surface area contributed by atoms with Crippen LogP contribution in [-0.2, 0) is 6.61 Å². The highest BCUT2D eigenvalue weighted by Gasteiger charge is 2.03. The minimum absolute atomic E-state index is 0.0957. The number of nitrogens with two attached hydrogens (primary N) is 1. The number of ether oxygens (including phenoxy) is 1. The Hall–Kier alpha value is -2.49. The molecular formula is C16H18N2O2. The first-order valence-corrected chi connectivity index (χ1v) is 6.37. The number of hydrogen-bond donors (Lipinski definition) is 2. The van der Waals surface area contributed by atoms with Gasteiger partial charge in [0.25, 0.3) is 0 Å². The Morgan fingerprint density at radius 2 is 2.00 bits per heavy atom. The molecule has 0 saturated heterocycles. The van der Waals surface area contributed by atoms with E-state index < -0.39 is 0 Å². The standard InChI is InChI=1S/C16H18N2O2/c1-11-6-7-15(12(2)8-11)20-10-13-4-3-5-14(9-13)16(17)18-19/h3-9,19H,10H2,1-2H3,(H2,17,18). The first-order chi connectivity index (χ1) is 9.60. The van der Waals surface area contributed by atoms with Crippen molar-refractivity contribution in [2.45, 2.75) is 20.5 Å². The number of hydrogen-bond acceptors (Lipinski definition) is 3. The van der Waals surface area contributed by atoms with Gasteiger partial charge in [-0.25, -0.2) is 0 Å². The zero-order chi connectivity index (χ0) is 14.5. The van der Waals surface area contributed by atoms with E-state index in [2.05, 4.69) is 18.1 Å². The Balaban J connectivity index is 2.11. The molecule has 3 N–H and O–H groups in total. The van der Waals surface area contributed by atoms with Crippen LogP contribution in [0.5, 0.6) is 5.75 Å². The summed E-state index contributed by atoms with van der Waals surface area (Å²) in [5.41, 5.74) is 9.53. The molecule has 2 aromatic carbocycles. The lowest BCUT2D eigenvalue weighted by Crippen LogP contribution is -2.13. The van der Waals surface area contributed by atoms with E-state index in [4.69, 9.17) is 15.7 Å². The Morgan fingerprint density at radius 1 is 1.20 bits per heavy atom. The van der Waals surface area contributed by atoms with Crippen molar-refractivity contribution < 1.29 is 9.94 Å². The van der Waals surface area contributed by atoms with Crippen LogP contribution in [0.25, 0.3) is 0 Å². The highest BCUT2D eigenvalue weighted by molar-refractivity contribution is 5.97. The fourth-order valence-electron chi connectivity index (χ4n) is 2.00. The molecule has 0 fully saturated rings. The van der Waals surface area contributed by atoms with Crippen molar-refractivity contribution in [2.75, 3.05) is 0 Å². The zero-order valence-electron chi connectivity index (χ0n) is 11.6. The van der Waals surface area contributed by atoms with Crippen LogP contribution in [0.15, 0.2) is 47.6 Å². The third-order valence-corrected chi connectivity index (χ3v) is 3.06. The summed E-state index contributed by atoms with van der Waals surface area (Å²) in [5, 5.41) is 11.7. The predicted octanol–water partition coefficient (Wildman–Crippen LogP) is 2.98. The molecule has 4 heteroatoms. The molecular weight excluding hydrogens is 252 g/mol. The second-order valence-electron chi connectivity index (χ2n) is 4.74. The van der Waals surface area contributed by atoms with Crippen molar-refractivity contribution >= 4 is 5.84 Å². The van der Waals surface area contributed by atoms with Gasteiger partial charge in [0, 0.05) is 5.56 Å². The molecule has 0 aliphatic carbocycles. The fourth-order valence-corrected chi connectivity index (χ4v) is 2.00. The minimum Gasteiger partial charge on any atom is -0.489 e. The topological polar surface area (TPSA) is 67.8 Å². The zero-order valence-corrected chi connectivity index (χ0v) is 11.6. The normalized spacial score (nSPS) is 11.4. The van der Waals surface area contributed by atoms with Gasteiger partial charge < -0.3 is 15.7 Å². The Morgan fingerprint density at radius 3 is 2.70 bits per heavy atom. The molecule has 0 aliphatic heterocycles. The maximum Gasteiger partial charge on any atom is 0.170 e. The molecule has 0 aromatic heterocycles. The molecule has 0 spiro atoms. The van der Waals surface area contributed by atoms with Crippen LogP contribution in [0.3, 0.4) is 0 Å². The lowest BCUT2D eigenvalue weighted by Gasteiger charge is -2.10. The summed E-state index contributed by atoms with van der Waals surface area (Å²) in [6.07, 6.45) is 0. The van der Waals surface area contributed by atoms with Crippen LogP contribution in [0.1, 0.15) is 22.3 Å². The largest absolute Gasteiger partial charge is 0.489 e. The van der Waals surface area contributed by atoms with E-state index in [1.165, 1.54) is 5.56 Å². The smallest absolute Gasteiger partial charge is 0.170 e. The van der Waals surface area contributed by atoms with Gasteiger partial charge in [0.05, 0.1) is 0 Å². The van der Waals surface area contributed by atoms with Gasteiger partial charge >= 0.3 is 0 Å². The molecule has 0 radical (unpaired) electrons. The van der Waals surface area contributed by atoms with Gasteiger partial charge in [-0.3, -0.25) is 0 Å². The van der Waals surface area contributed by atoms with E-state index >= 15 is 0 Å². The average molecular weight is 270 g/mol. The Bertz CT molecular complexity index is 636. The van der Waals surface area contributed by atoms with Crippen LogP contribution < -0.4 is 10.5 Å². The number of benzene rings is 2. The summed E-state index contributed by atoms with van der Waals surface area (Å²) in [5.74, 6) is 0.961. The van der Waals surface area contributed by atoms with Gasteiger partial charge in [-0.1, -0.05) is 41.1 Å². The van der Waals surface area contributed by atoms with E-state index in [-0.39, 0.29) is 5.84 Å². The Kier molecular flexibility index (Phi) is 4.25. The average Bonchev–Trinajstić information content (AvgIpc) is 2.46. The first-order valence-electron chi connectivity index (χ1n) is 6.37. The number of nitrogens with zero attached hydrogens (tertiary/aromatic N) is 1. The molecule has 0 unspecified atom stereocenters. The van der Waals surface area contributed by atoms with Crippen LogP contribution in [0.2, 0.25) is 0 Å². The van der Waals surface area contributed by atoms with Crippen LogP contribution >= 0.6 is 0 Å². The van der Waals surface area contributed by atoms with Gasteiger partial charge in [0.15, 0.2) is 5.84 Å². The van der Waals surface area contributed by atoms with Crippen molar-refractivity contribution in [1.29, 1.82) is 0 Å². The predicted molar refractivity (Wildman–Crippen MR) is 79.2 cm³/mol. The second kappa shape index (κ2) is 6.10. The molecule has 0 aliphatic rings. The Labute approximate surface area is 118 Å². The molecule has 0 atom stereocenters. The lowest BCUT2D eigenvalue weighted by atomic mass is 10.1. The maximum absolute atomic E-state index is 8.68.